The largest absolute Gasteiger partial charge is 0.320 e. The number of nitrogens with zero attached hydrogens (tertiary/aromatic N) is 1. The summed E-state index contributed by atoms with van der Waals surface area (Å²) in [5.74, 6) is 0. The molecule has 18 heavy (non-hydrogen) atoms. The summed E-state index contributed by atoms with van der Waals surface area (Å²) in [6.45, 7) is 1.18. The van der Waals surface area contributed by atoms with Gasteiger partial charge in [-0.15, -0.1) is 0 Å². The third-order valence-electron chi connectivity index (χ3n) is 2.50. The zero-order chi connectivity index (χ0) is 13.8. The minimum absolute atomic E-state index is 0.0450. The second-order valence-corrected chi connectivity index (χ2v) is 6.63. The molecule has 0 radical (unpaired) electrons. The van der Waals surface area contributed by atoms with Crippen molar-refractivity contribution in [3.63, 3.8) is 0 Å². The van der Waals surface area contributed by atoms with E-state index >= 15 is 0 Å². The summed E-state index contributed by atoms with van der Waals surface area (Å²) in [5.41, 5.74) is 0. The fourth-order valence-corrected chi connectivity index (χ4v) is 3.39. The average Bonchev–Trinajstić information content (AvgIpc) is 2.32. The first-order valence-electron chi connectivity index (χ1n) is 5.46. The van der Waals surface area contributed by atoms with Crippen LogP contribution in [0, 0.1) is 0 Å². The van der Waals surface area contributed by atoms with Crippen molar-refractivity contribution in [2.45, 2.75) is 11.3 Å². The Morgan fingerprint density at radius 1 is 1.33 bits per heavy atom. The molecule has 1 N–H and O–H groups in total. The topological polar surface area (TPSA) is 49.4 Å². The zero-order valence-corrected chi connectivity index (χ0v) is 12.6. The van der Waals surface area contributed by atoms with E-state index < -0.39 is 10.0 Å². The highest BCUT2D eigenvalue weighted by Crippen LogP contribution is 2.30. The molecule has 0 fully saturated rings. The Morgan fingerprint density at radius 3 is 2.61 bits per heavy atom. The lowest BCUT2D eigenvalue weighted by Crippen LogP contribution is -2.29. The van der Waals surface area contributed by atoms with Gasteiger partial charge in [-0.05, 0) is 32.1 Å². The lowest BCUT2D eigenvalue weighted by atomic mass is 10.4. The molecule has 0 aliphatic rings. The minimum Gasteiger partial charge on any atom is -0.320 e. The van der Waals surface area contributed by atoms with Crippen molar-refractivity contribution < 1.29 is 8.42 Å². The van der Waals surface area contributed by atoms with Gasteiger partial charge in [0.05, 0.1) is 10.0 Å². The van der Waals surface area contributed by atoms with Crippen LogP contribution in [0.15, 0.2) is 23.1 Å². The van der Waals surface area contributed by atoms with Gasteiger partial charge in [-0.25, -0.2) is 12.7 Å². The Kier molecular flexibility index (Phi) is 5.88. The summed E-state index contributed by atoms with van der Waals surface area (Å²) in [6.07, 6.45) is 0.727. The minimum atomic E-state index is -3.58. The van der Waals surface area contributed by atoms with Crippen LogP contribution in [-0.4, -0.2) is 39.9 Å². The highest BCUT2D eigenvalue weighted by atomic mass is 35.5. The van der Waals surface area contributed by atoms with Crippen molar-refractivity contribution >= 4 is 33.2 Å². The third kappa shape index (κ3) is 3.59. The van der Waals surface area contributed by atoms with E-state index in [2.05, 4.69) is 5.32 Å². The number of nitrogens with one attached hydrogen (secondary N) is 1. The van der Waals surface area contributed by atoms with Crippen LogP contribution in [0.25, 0.3) is 0 Å². The van der Waals surface area contributed by atoms with Crippen LogP contribution in [0.1, 0.15) is 6.42 Å². The van der Waals surface area contributed by atoms with Gasteiger partial charge in [0.25, 0.3) is 0 Å². The quantitative estimate of drug-likeness (QED) is 0.820. The summed E-state index contributed by atoms with van der Waals surface area (Å²) in [4.78, 5) is 0.0450. The van der Waals surface area contributed by atoms with E-state index in [1.54, 1.807) is 12.1 Å². The molecule has 0 saturated heterocycles. The molecule has 7 heteroatoms. The van der Waals surface area contributed by atoms with Gasteiger partial charge in [0.2, 0.25) is 10.0 Å². The van der Waals surface area contributed by atoms with Gasteiger partial charge in [-0.2, -0.15) is 0 Å². The molecule has 0 unspecified atom stereocenters. The Bertz CT molecular complexity index is 506. The van der Waals surface area contributed by atoms with E-state index in [-0.39, 0.29) is 14.9 Å². The molecule has 0 bridgehead atoms. The van der Waals surface area contributed by atoms with Crippen LogP contribution in [0.4, 0.5) is 0 Å². The van der Waals surface area contributed by atoms with Crippen molar-refractivity contribution in [3.8, 4) is 0 Å². The first-order chi connectivity index (χ1) is 8.41. The highest BCUT2D eigenvalue weighted by molar-refractivity contribution is 7.89. The summed E-state index contributed by atoms with van der Waals surface area (Å²) < 4.78 is 25.8. The molecule has 0 amide bonds. The van der Waals surface area contributed by atoms with Gasteiger partial charge in [-0.3, -0.25) is 0 Å². The van der Waals surface area contributed by atoms with E-state index in [4.69, 9.17) is 23.2 Å². The smallest absolute Gasteiger partial charge is 0.244 e. The number of halogens is 2. The van der Waals surface area contributed by atoms with Crippen LogP contribution in [0.2, 0.25) is 10.0 Å². The number of hydrogen-bond donors (Lipinski definition) is 1. The van der Waals surface area contributed by atoms with Gasteiger partial charge >= 0.3 is 0 Å². The van der Waals surface area contributed by atoms with Gasteiger partial charge in [-0.1, -0.05) is 29.3 Å². The van der Waals surface area contributed by atoms with E-state index in [1.165, 1.54) is 17.4 Å². The lowest BCUT2D eigenvalue weighted by molar-refractivity contribution is 0.458. The van der Waals surface area contributed by atoms with E-state index in [1.807, 2.05) is 7.05 Å². The van der Waals surface area contributed by atoms with Crippen LogP contribution in [0.5, 0.6) is 0 Å². The summed E-state index contributed by atoms with van der Waals surface area (Å²) >= 11 is 11.8. The van der Waals surface area contributed by atoms with Gasteiger partial charge in [0.1, 0.15) is 4.90 Å². The predicted octanol–water partition coefficient (Wildman–Crippen LogP) is 2.22. The SMILES string of the molecule is CNCCCN(C)S(=O)(=O)c1cccc(Cl)c1Cl. The lowest BCUT2D eigenvalue weighted by Gasteiger charge is -2.18. The fourth-order valence-electron chi connectivity index (χ4n) is 1.45. The molecule has 0 spiro atoms. The van der Waals surface area contributed by atoms with Crippen molar-refractivity contribution in [2.75, 3.05) is 27.2 Å². The Hall–Kier alpha value is -0.330. The summed E-state index contributed by atoms with van der Waals surface area (Å²) in [6, 6.07) is 4.59. The number of hydrogen-bond acceptors (Lipinski definition) is 3. The number of rotatable bonds is 6. The first kappa shape index (κ1) is 15.7. The summed E-state index contributed by atoms with van der Waals surface area (Å²) in [7, 11) is -0.232. The fraction of sp³-hybridized carbons (Fsp3) is 0.455. The Labute approximate surface area is 118 Å². The highest BCUT2D eigenvalue weighted by Gasteiger charge is 2.24. The van der Waals surface area contributed by atoms with Gasteiger partial charge in [0, 0.05) is 13.6 Å². The second kappa shape index (κ2) is 6.73. The van der Waals surface area contributed by atoms with Crippen LogP contribution in [-0.2, 0) is 10.0 Å². The molecule has 1 aromatic rings. The van der Waals surface area contributed by atoms with Crippen LogP contribution < -0.4 is 5.32 Å². The van der Waals surface area contributed by atoms with Gasteiger partial charge < -0.3 is 5.32 Å². The molecule has 0 aromatic heterocycles. The van der Waals surface area contributed by atoms with Crippen molar-refractivity contribution in [3.05, 3.63) is 28.2 Å². The number of benzene rings is 1. The Balaban J connectivity index is 2.95. The molecule has 0 saturated carbocycles. The molecular formula is C11H16Cl2N2O2S. The molecule has 0 heterocycles. The van der Waals surface area contributed by atoms with Crippen LogP contribution >= 0.6 is 23.2 Å². The second-order valence-electron chi connectivity index (χ2n) is 3.84. The maximum absolute atomic E-state index is 12.3. The molecule has 1 rings (SSSR count). The molecule has 4 nitrogen and oxygen atoms in total. The molecular weight excluding hydrogens is 295 g/mol. The van der Waals surface area contributed by atoms with Gasteiger partial charge in [0.15, 0.2) is 0 Å². The normalized spacial score (nSPS) is 12.1. The molecule has 0 aliphatic heterocycles. The van der Waals surface area contributed by atoms with Crippen molar-refractivity contribution in [2.24, 2.45) is 0 Å². The predicted molar refractivity (Wildman–Crippen MR) is 74.8 cm³/mol. The standard InChI is InChI=1S/C11H16Cl2N2O2S/c1-14-7-4-8-15(2)18(16,17)10-6-3-5-9(12)11(10)13/h3,5-6,14H,4,7-8H2,1-2H3. The number of sulfonamides is 1. The third-order valence-corrected chi connectivity index (χ3v) is 5.33. The summed E-state index contributed by atoms with van der Waals surface area (Å²) in [5, 5.41) is 3.27. The molecule has 0 aliphatic carbocycles. The maximum atomic E-state index is 12.3. The zero-order valence-electron chi connectivity index (χ0n) is 10.3. The van der Waals surface area contributed by atoms with E-state index in [0.717, 1.165) is 13.0 Å². The molecule has 0 atom stereocenters. The average molecular weight is 311 g/mol. The Morgan fingerprint density at radius 2 is 2.00 bits per heavy atom. The van der Waals surface area contributed by atoms with E-state index in [9.17, 15) is 8.42 Å². The van der Waals surface area contributed by atoms with Crippen molar-refractivity contribution in [1.82, 2.24) is 9.62 Å². The van der Waals surface area contributed by atoms with Crippen molar-refractivity contribution in [1.29, 1.82) is 0 Å². The van der Waals surface area contributed by atoms with E-state index in [0.29, 0.717) is 6.54 Å². The first-order valence-corrected chi connectivity index (χ1v) is 7.66. The monoisotopic (exact) mass is 310 g/mol. The molecule has 1 aromatic carbocycles. The molecule has 102 valence electrons. The maximum Gasteiger partial charge on any atom is 0.244 e. The van der Waals surface area contributed by atoms with Crippen LogP contribution in [0.3, 0.4) is 0 Å².